The number of nitrogens with zero attached hydrogens (tertiary/aromatic N) is 1. The van der Waals surface area contributed by atoms with Gasteiger partial charge in [-0.3, -0.25) is 4.79 Å². The molecule has 1 aromatic carbocycles. The molecule has 6 nitrogen and oxygen atoms in total. The monoisotopic (exact) mass is 320 g/mol. The van der Waals surface area contributed by atoms with Crippen LogP contribution in [0.25, 0.3) is 0 Å². The molecule has 0 aliphatic carbocycles. The van der Waals surface area contributed by atoms with Gasteiger partial charge in [0.05, 0.1) is 19.3 Å². The summed E-state index contributed by atoms with van der Waals surface area (Å²) in [7, 11) is 0. The lowest BCUT2D eigenvalue weighted by atomic mass is 10.0. The summed E-state index contributed by atoms with van der Waals surface area (Å²) in [5.74, 6) is -0.850. The fourth-order valence-electron chi connectivity index (χ4n) is 2.71. The van der Waals surface area contributed by atoms with E-state index in [0.29, 0.717) is 32.6 Å². The Hall–Kier alpha value is -2.08. The molecule has 0 bridgehead atoms. The van der Waals surface area contributed by atoms with Crippen LogP contribution < -0.4 is 5.32 Å². The molecule has 0 aromatic heterocycles. The van der Waals surface area contributed by atoms with E-state index in [9.17, 15) is 9.59 Å². The van der Waals surface area contributed by atoms with Crippen LogP contribution in [0.3, 0.4) is 0 Å². The minimum Gasteiger partial charge on any atom is -0.481 e. The molecule has 126 valence electrons. The van der Waals surface area contributed by atoms with Crippen LogP contribution >= 0.6 is 0 Å². The van der Waals surface area contributed by atoms with Crippen LogP contribution in [-0.4, -0.2) is 53.8 Å². The van der Waals surface area contributed by atoms with E-state index < -0.39 is 5.97 Å². The van der Waals surface area contributed by atoms with E-state index in [1.807, 2.05) is 37.3 Å². The quantitative estimate of drug-likeness (QED) is 0.839. The first-order valence-electron chi connectivity index (χ1n) is 7.97. The number of amides is 2. The highest BCUT2D eigenvalue weighted by Crippen LogP contribution is 2.11. The van der Waals surface area contributed by atoms with Crippen molar-refractivity contribution in [3.63, 3.8) is 0 Å². The fourth-order valence-corrected chi connectivity index (χ4v) is 2.71. The van der Waals surface area contributed by atoms with Crippen molar-refractivity contribution in [3.05, 3.63) is 35.9 Å². The number of carbonyl (C=O) groups is 2. The van der Waals surface area contributed by atoms with E-state index in [4.69, 9.17) is 9.84 Å². The highest BCUT2D eigenvalue weighted by Gasteiger charge is 2.25. The average Bonchev–Trinajstić information content (AvgIpc) is 2.54. The summed E-state index contributed by atoms with van der Waals surface area (Å²) in [6, 6.07) is 9.47. The van der Waals surface area contributed by atoms with Gasteiger partial charge < -0.3 is 20.1 Å². The number of nitrogens with one attached hydrogen (secondary N) is 1. The number of morpholine rings is 1. The Bertz CT molecular complexity index is 521. The number of carbonyl (C=O) groups excluding carboxylic acids is 1. The number of urea groups is 1. The van der Waals surface area contributed by atoms with E-state index in [0.717, 1.165) is 5.56 Å². The highest BCUT2D eigenvalue weighted by atomic mass is 16.5. The predicted molar refractivity (Wildman–Crippen MR) is 86.3 cm³/mol. The third kappa shape index (κ3) is 5.56. The molecular weight excluding hydrogens is 296 g/mol. The van der Waals surface area contributed by atoms with Gasteiger partial charge >= 0.3 is 12.0 Å². The summed E-state index contributed by atoms with van der Waals surface area (Å²) in [6.45, 7) is 3.58. The van der Waals surface area contributed by atoms with E-state index in [1.54, 1.807) is 4.90 Å². The largest absolute Gasteiger partial charge is 0.481 e. The molecular formula is C17H24N2O4. The van der Waals surface area contributed by atoms with Gasteiger partial charge in [-0.1, -0.05) is 30.3 Å². The Kier molecular flexibility index (Phi) is 6.40. The second-order valence-electron chi connectivity index (χ2n) is 5.89. The summed E-state index contributed by atoms with van der Waals surface area (Å²) >= 11 is 0. The first-order valence-corrected chi connectivity index (χ1v) is 7.97. The molecule has 6 heteroatoms. The van der Waals surface area contributed by atoms with Gasteiger partial charge in [0, 0.05) is 19.0 Å². The lowest BCUT2D eigenvalue weighted by Gasteiger charge is -2.34. The van der Waals surface area contributed by atoms with Crippen LogP contribution in [0.4, 0.5) is 4.79 Å². The number of ether oxygens (including phenoxy) is 1. The van der Waals surface area contributed by atoms with Crippen molar-refractivity contribution < 1.29 is 19.4 Å². The van der Waals surface area contributed by atoms with Gasteiger partial charge in [-0.25, -0.2) is 4.79 Å². The van der Waals surface area contributed by atoms with Gasteiger partial charge in [0.25, 0.3) is 0 Å². The normalized spacial score (nSPS) is 19.2. The number of benzene rings is 1. The number of rotatable bonds is 6. The molecule has 1 aliphatic heterocycles. The number of hydrogen-bond donors (Lipinski definition) is 2. The molecule has 0 saturated carbocycles. The molecule has 1 heterocycles. The van der Waals surface area contributed by atoms with Crippen molar-refractivity contribution in [3.8, 4) is 0 Å². The second-order valence-corrected chi connectivity index (χ2v) is 5.89. The molecule has 1 fully saturated rings. The fraction of sp³-hybridized carbons (Fsp3) is 0.529. The minimum absolute atomic E-state index is 0.0283. The third-order valence-corrected chi connectivity index (χ3v) is 3.99. The van der Waals surface area contributed by atoms with Crippen molar-refractivity contribution in [1.82, 2.24) is 10.2 Å². The van der Waals surface area contributed by atoms with E-state index >= 15 is 0 Å². The van der Waals surface area contributed by atoms with Crippen LogP contribution in [0.2, 0.25) is 0 Å². The molecule has 1 aromatic rings. The third-order valence-electron chi connectivity index (χ3n) is 3.99. The molecule has 23 heavy (non-hydrogen) atoms. The number of hydrogen-bond acceptors (Lipinski definition) is 3. The molecule has 0 spiro atoms. The van der Waals surface area contributed by atoms with Crippen molar-refractivity contribution in [2.45, 2.75) is 38.3 Å². The summed E-state index contributed by atoms with van der Waals surface area (Å²) in [5, 5.41) is 11.9. The van der Waals surface area contributed by atoms with Crippen molar-refractivity contribution in [2.75, 3.05) is 19.8 Å². The van der Waals surface area contributed by atoms with Gasteiger partial charge in [0.1, 0.15) is 0 Å². The van der Waals surface area contributed by atoms with E-state index in [-0.39, 0.29) is 24.5 Å². The smallest absolute Gasteiger partial charge is 0.318 e. The highest BCUT2D eigenvalue weighted by molar-refractivity contribution is 5.75. The number of aliphatic carboxylic acids is 1. The van der Waals surface area contributed by atoms with Crippen molar-refractivity contribution in [2.24, 2.45) is 0 Å². The van der Waals surface area contributed by atoms with Crippen LogP contribution in [0.15, 0.2) is 30.3 Å². The first kappa shape index (κ1) is 17.3. The molecule has 2 rings (SSSR count). The Morgan fingerprint density at radius 1 is 1.39 bits per heavy atom. The Morgan fingerprint density at radius 3 is 2.78 bits per heavy atom. The molecule has 1 saturated heterocycles. The zero-order valence-electron chi connectivity index (χ0n) is 13.4. The maximum absolute atomic E-state index is 12.5. The summed E-state index contributed by atoms with van der Waals surface area (Å²) in [6.07, 6.45) is 1.07. The maximum atomic E-state index is 12.5. The van der Waals surface area contributed by atoms with Crippen LogP contribution in [0.5, 0.6) is 0 Å². The molecule has 2 atom stereocenters. The molecule has 2 N–H and O–H groups in total. The average molecular weight is 320 g/mol. The van der Waals surface area contributed by atoms with Crippen LogP contribution in [0.1, 0.15) is 25.3 Å². The number of carboxylic acid groups (broad SMARTS) is 1. The summed E-state index contributed by atoms with van der Waals surface area (Å²) < 4.78 is 5.34. The molecule has 1 unspecified atom stereocenters. The SMILES string of the molecule is C[C@H]1COCCN1C(=O)NC(CCC(=O)O)Cc1ccccc1. The van der Waals surface area contributed by atoms with Gasteiger partial charge in [-0.05, 0) is 25.3 Å². The topological polar surface area (TPSA) is 78.9 Å². The van der Waals surface area contributed by atoms with E-state index in [2.05, 4.69) is 5.32 Å². The van der Waals surface area contributed by atoms with Crippen molar-refractivity contribution in [1.29, 1.82) is 0 Å². The van der Waals surface area contributed by atoms with Gasteiger partial charge in [-0.2, -0.15) is 0 Å². The Balaban J connectivity index is 1.98. The zero-order chi connectivity index (χ0) is 16.7. The Morgan fingerprint density at radius 2 is 2.13 bits per heavy atom. The summed E-state index contributed by atoms with van der Waals surface area (Å²) in [4.78, 5) is 25.1. The second kappa shape index (κ2) is 8.53. The molecule has 0 radical (unpaired) electrons. The van der Waals surface area contributed by atoms with Crippen molar-refractivity contribution >= 4 is 12.0 Å². The predicted octanol–water partition coefficient (Wildman–Crippen LogP) is 1.89. The van der Waals surface area contributed by atoms with Crippen LogP contribution in [0, 0.1) is 0 Å². The molecule has 1 aliphatic rings. The standard InChI is InChI=1S/C17H24N2O4/c1-13-12-23-10-9-19(13)17(22)18-15(7-8-16(20)21)11-14-5-3-2-4-6-14/h2-6,13,15H,7-12H2,1H3,(H,18,22)(H,20,21)/t13-,15?/m0/s1. The van der Waals surface area contributed by atoms with Gasteiger partial charge in [0.15, 0.2) is 0 Å². The van der Waals surface area contributed by atoms with Gasteiger partial charge in [0.2, 0.25) is 0 Å². The minimum atomic E-state index is -0.850. The van der Waals surface area contributed by atoms with Crippen LogP contribution in [-0.2, 0) is 16.0 Å². The summed E-state index contributed by atoms with van der Waals surface area (Å²) in [5.41, 5.74) is 1.08. The maximum Gasteiger partial charge on any atom is 0.318 e. The Labute approximate surface area is 136 Å². The lowest BCUT2D eigenvalue weighted by Crippen LogP contribution is -2.53. The molecule has 2 amide bonds. The van der Waals surface area contributed by atoms with Gasteiger partial charge in [-0.15, -0.1) is 0 Å². The zero-order valence-corrected chi connectivity index (χ0v) is 13.4. The van der Waals surface area contributed by atoms with E-state index in [1.165, 1.54) is 0 Å². The number of carboxylic acids is 1. The first-order chi connectivity index (χ1) is 11.1. The lowest BCUT2D eigenvalue weighted by molar-refractivity contribution is -0.137.